The van der Waals surface area contributed by atoms with Crippen LogP contribution in [-0.4, -0.2) is 52.9 Å². The molecule has 1 aliphatic rings. The summed E-state index contributed by atoms with van der Waals surface area (Å²) in [5.74, 6) is 0.992. The topological polar surface area (TPSA) is 62.0 Å². The number of aliphatic hydroxyl groups excluding tert-OH is 1. The SMILES string of the molecule is CNCc1c(N2CC(CO)OC(C)(C)C2)nc2sccn12. The van der Waals surface area contributed by atoms with Crippen molar-refractivity contribution >= 4 is 22.1 Å². The highest BCUT2D eigenvalue weighted by atomic mass is 32.1. The van der Waals surface area contributed by atoms with Crippen LogP contribution in [0.15, 0.2) is 11.6 Å². The molecule has 0 radical (unpaired) electrons. The van der Waals surface area contributed by atoms with Gasteiger partial charge in [-0.2, -0.15) is 0 Å². The van der Waals surface area contributed by atoms with Gasteiger partial charge in [-0.3, -0.25) is 4.40 Å². The number of aromatic nitrogens is 2. The molecule has 1 atom stereocenters. The molecule has 21 heavy (non-hydrogen) atoms. The van der Waals surface area contributed by atoms with Crippen LogP contribution < -0.4 is 10.2 Å². The van der Waals surface area contributed by atoms with Crippen molar-refractivity contribution in [3.05, 3.63) is 17.3 Å². The molecular weight excluding hydrogens is 288 g/mol. The summed E-state index contributed by atoms with van der Waals surface area (Å²) < 4.78 is 8.02. The first-order valence-corrected chi connectivity index (χ1v) is 8.04. The minimum absolute atomic E-state index is 0.0313. The third-order valence-corrected chi connectivity index (χ3v) is 4.43. The van der Waals surface area contributed by atoms with E-state index in [9.17, 15) is 5.11 Å². The normalized spacial score (nSPS) is 22.1. The summed E-state index contributed by atoms with van der Waals surface area (Å²) in [6.07, 6.45) is 1.88. The maximum absolute atomic E-state index is 9.47. The number of imidazole rings is 1. The second-order valence-electron chi connectivity index (χ2n) is 6.03. The van der Waals surface area contributed by atoms with Crippen molar-refractivity contribution in [3.8, 4) is 0 Å². The number of anilines is 1. The van der Waals surface area contributed by atoms with Gasteiger partial charge in [0.05, 0.1) is 24.0 Å². The predicted molar refractivity (Wildman–Crippen MR) is 84.1 cm³/mol. The summed E-state index contributed by atoms with van der Waals surface area (Å²) in [5, 5.41) is 14.7. The van der Waals surface area contributed by atoms with Crippen LogP contribution in [0.3, 0.4) is 0 Å². The molecule has 0 bridgehead atoms. The van der Waals surface area contributed by atoms with Crippen LogP contribution in [0.5, 0.6) is 0 Å². The van der Waals surface area contributed by atoms with E-state index in [-0.39, 0.29) is 18.3 Å². The molecule has 0 saturated carbocycles. The van der Waals surface area contributed by atoms with Crippen molar-refractivity contribution in [1.82, 2.24) is 14.7 Å². The largest absolute Gasteiger partial charge is 0.394 e. The minimum atomic E-state index is -0.292. The average molecular weight is 310 g/mol. The van der Waals surface area contributed by atoms with Crippen molar-refractivity contribution in [3.63, 3.8) is 0 Å². The standard InChI is InChI=1S/C14H22N4O2S/c1-14(2)9-17(7-10(8-19)20-14)12-11(6-15-3)18-4-5-21-13(18)16-12/h4-5,10,15,19H,6-9H2,1-3H3. The Kier molecular flexibility index (Phi) is 3.92. The number of thiazole rings is 1. The van der Waals surface area contributed by atoms with E-state index in [4.69, 9.17) is 9.72 Å². The molecular formula is C14H22N4O2S. The van der Waals surface area contributed by atoms with E-state index in [0.717, 1.165) is 29.6 Å². The van der Waals surface area contributed by atoms with Gasteiger partial charge in [0.25, 0.3) is 0 Å². The van der Waals surface area contributed by atoms with Crippen LogP contribution in [0.1, 0.15) is 19.5 Å². The first-order chi connectivity index (χ1) is 10.0. The van der Waals surface area contributed by atoms with Crippen LogP contribution in [-0.2, 0) is 11.3 Å². The summed E-state index contributed by atoms with van der Waals surface area (Å²) in [6, 6.07) is 0. The monoisotopic (exact) mass is 310 g/mol. The van der Waals surface area contributed by atoms with E-state index in [2.05, 4.69) is 34.7 Å². The lowest BCUT2D eigenvalue weighted by Crippen LogP contribution is -2.54. The second kappa shape index (κ2) is 5.57. The Hall–Kier alpha value is -1.15. The highest BCUT2D eigenvalue weighted by molar-refractivity contribution is 7.15. The van der Waals surface area contributed by atoms with E-state index >= 15 is 0 Å². The maximum atomic E-state index is 9.47. The highest BCUT2D eigenvalue weighted by Gasteiger charge is 2.35. The van der Waals surface area contributed by atoms with E-state index in [0.29, 0.717) is 6.54 Å². The number of nitrogens with zero attached hydrogens (tertiary/aromatic N) is 3. The number of rotatable bonds is 4. The van der Waals surface area contributed by atoms with E-state index in [1.807, 2.05) is 12.4 Å². The molecule has 6 nitrogen and oxygen atoms in total. The fourth-order valence-electron chi connectivity index (χ4n) is 2.96. The van der Waals surface area contributed by atoms with Crippen LogP contribution in [0, 0.1) is 0 Å². The summed E-state index contributed by atoms with van der Waals surface area (Å²) >= 11 is 1.64. The number of hydrogen-bond acceptors (Lipinski definition) is 6. The molecule has 0 aromatic carbocycles. The Bertz CT molecular complexity index is 622. The van der Waals surface area contributed by atoms with Gasteiger partial charge in [-0.1, -0.05) is 0 Å². The number of fused-ring (bicyclic) bond motifs is 1. The third kappa shape index (κ3) is 2.78. The zero-order valence-electron chi connectivity index (χ0n) is 12.7. The van der Waals surface area contributed by atoms with Crippen molar-refractivity contribution in [2.45, 2.75) is 32.1 Å². The Morgan fingerprint density at radius 2 is 2.38 bits per heavy atom. The van der Waals surface area contributed by atoms with Gasteiger partial charge in [-0.05, 0) is 20.9 Å². The molecule has 0 spiro atoms. The van der Waals surface area contributed by atoms with Gasteiger partial charge in [-0.25, -0.2) is 4.98 Å². The van der Waals surface area contributed by atoms with Crippen molar-refractivity contribution in [2.24, 2.45) is 0 Å². The molecule has 1 unspecified atom stereocenters. The fraction of sp³-hybridized carbons (Fsp3) is 0.643. The van der Waals surface area contributed by atoms with Gasteiger partial charge in [0, 0.05) is 31.2 Å². The number of aliphatic hydroxyl groups is 1. The second-order valence-corrected chi connectivity index (χ2v) is 6.90. The van der Waals surface area contributed by atoms with Crippen LogP contribution >= 0.6 is 11.3 Å². The number of ether oxygens (including phenoxy) is 1. The maximum Gasteiger partial charge on any atom is 0.195 e. The molecule has 116 valence electrons. The number of hydrogen-bond donors (Lipinski definition) is 2. The van der Waals surface area contributed by atoms with Crippen molar-refractivity contribution < 1.29 is 9.84 Å². The highest BCUT2D eigenvalue weighted by Crippen LogP contribution is 2.30. The molecule has 1 aliphatic heterocycles. The van der Waals surface area contributed by atoms with Crippen molar-refractivity contribution in [1.29, 1.82) is 0 Å². The van der Waals surface area contributed by atoms with Crippen LogP contribution in [0.4, 0.5) is 5.82 Å². The fourth-order valence-corrected chi connectivity index (χ4v) is 3.69. The van der Waals surface area contributed by atoms with E-state index in [1.165, 1.54) is 0 Å². The van der Waals surface area contributed by atoms with Gasteiger partial charge < -0.3 is 20.1 Å². The molecule has 3 rings (SSSR count). The molecule has 2 aromatic heterocycles. The smallest absolute Gasteiger partial charge is 0.195 e. The Balaban J connectivity index is 1.98. The molecule has 1 saturated heterocycles. The van der Waals surface area contributed by atoms with Gasteiger partial charge in [0.2, 0.25) is 0 Å². The lowest BCUT2D eigenvalue weighted by molar-refractivity contribution is -0.101. The van der Waals surface area contributed by atoms with Gasteiger partial charge >= 0.3 is 0 Å². The molecule has 2 aromatic rings. The summed E-state index contributed by atoms with van der Waals surface area (Å²) in [4.78, 5) is 8.01. The molecule has 2 N–H and O–H groups in total. The van der Waals surface area contributed by atoms with Gasteiger partial charge in [-0.15, -0.1) is 11.3 Å². The first kappa shape index (κ1) is 14.8. The zero-order chi connectivity index (χ0) is 15.0. The summed E-state index contributed by atoms with van der Waals surface area (Å²) in [5.41, 5.74) is 0.864. The number of nitrogens with one attached hydrogen (secondary N) is 1. The predicted octanol–water partition coefficient (Wildman–Crippen LogP) is 1.09. The molecule has 3 heterocycles. The first-order valence-electron chi connectivity index (χ1n) is 7.17. The van der Waals surface area contributed by atoms with Gasteiger partial charge in [0.1, 0.15) is 0 Å². The van der Waals surface area contributed by atoms with E-state index in [1.54, 1.807) is 11.3 Å². The van der Waals surface area contributed by atoms with Crippen molar-refractivity contribution in [2.75, 3.05) is 31.6 Å². The molecule has 7 heteroatoms. The van der Waals surface area contributed by atoms with Gasteiger partial charge in [0.15, 0.2) is 10.8 Å². The molecule has 0 aliphatic carbocycles. The average Bonchev–Trinajstić information content (AvgIpc) is 2.99. The molecule has 0 amide bonds. The lowest BCUT2D eigenvalue weighted by Gasteiger charge is -2.42. The Morgan fingerprint density at radius 3 is 3.10 bits per heavy atom. The molecule has 1 fully saturated rings. The third-order valence-electron chi connectivity index (χ3n) is 3.67. The minimum Gasteiger partial charge on any atom is -0.394 e. The van der Waals surface area contributed by atoms with E-state index < -0.39 is 0 Å². The Morgan fingerprint density at radius 1 is 1.57 bits per heavy atom. The van der Waals surface area contributed by atoms with Crippen LogP contribution in [0.25, 0.3) is 4.96 Å². The lowest BCUT2D eigenvalue weighted by atomic mass is 10.1. The number of morpholine rings is 1. The summed E-state index contributed by atoms with van der Waals surface area (Å²) in [7, 11) is 1.94. The summed E-state index contributed by atoms with van der Waals surface area (Å²) in [6.45, 7) is 6.33. The zero-order valence-corrected chi connectivity index (χ0v) is 13.5. The van der Waals surface area contributed by atoms with Crippen LogP contribution in [0.2, 0.25) is 0 Å². The quantitative estimate of drug-likeness (QED) is 0.885. The Labute approximate surface area is 128 Å².